The summed E-state index contributed by atoms with van der Waals surface area (Å²) >= 11 is 0. The molecule has 6 heteroatoms. The quantitative estimate of drug-likeness (QED) is 0.924. The molecule has 0 saturated carbocycles. The number of carbonyl (C=O) groups excluding carboxylic acids is 2. The number of hydrogen-bond acceptors (Lipinski definition) is 3. The fourth-order valence-electron chi connectivity index (χ4n) is 3.27. The molecule has 2 aliphatic heterocycles. The molecule has 4 rings (SSSR count). The third-order valence-corrected chi connectivity index (χ3v) is 4.61. The number of hydrogen-bond donors (Lipinski definition) is 1. The molecule has 1 saturated heterocycles. The first kappa shape index (κ1) is 14.7. The number of aromatic nitrogens is 1. The van der Waals surface area contributed by atoms with Crippen molar-refractivity contribution >= 4 is 29.0 Å². The second-order valence-corrected chi connectivity index (χ2v) is 6.14. The number of anilines is 3. The lowest BCUT2D eigenvalue weighted by Gasteiger charge is -2.22. The van der Waals surface area contributed by atoms with E-state index in [1.54, 1.807) is 22.2 Å². The highest BCUT2D eigenvalue weighted by Gasteiger charge is 2.32. The van der Waals surface area contributed by atoms with Crippen LogP contribution in [0.4, 0.5) is 21.9 Å². The van der Waals surface area contributed by atoms with Crippen molar-refractivity contribution in [1.29, 1.82) is 0 Å². The van der Waals surface area contributed by atoms with Crippen molar-refractivity contribution in [3.8, 4) is 0 Å². The van der Waals surface area contributed by atoms with Gasteiger partial charge >= 0.3 is 6.03 Å². The van der Waals surface area contributed by atoms with Crippen molar-refractivity contribution in [2.24, 2.45) is 0 Å². The predicted molar refractivity (Wildman–Crippen MR) is 92.5 cm³/mol. The average Bonchev–Trinajstić information content (AvgIpc) is 2.96. The van der Waals surface area contributed by atoms with Crippen molar-refractivity contribution in [2.45, 2.75) is 19.8 Å². The van der Waals surface area contributed by atoms with Gasteiger partial charge in [0.25, 0.3) is 0 Å². The van der Waals surface area contributed by atoms with Gasteiger partial charge in [0.05, 0.1) is 11.9 Å². The standard InChI is InChI=1S/C18H18N4O2/c1-12-6-7-19-11-16(12)22-9-8-21(18(22)24)14-4-2-13-3-5-17(23)20-15(13)10-14/h2,4,6-7,10-11H,3,5,8-9H2,1H3,(H,20,23). The van der Waals surface area contributed by atoms with Crippen LogP contribution in [0.5, 0.6) is 0 Å². The second kappa shape index (κ2) is 5.63. The summed E-state index contributed by atoms with van der Waals surface area (Å²) in [6.07, 6.45) is 4.71. The van der Waals surface area contributed by atoms with Gasteiger partial charge < -0.3 is 5.32 Å². The number of nitrogens with one attached hydrogen (secondary N) is 1. The molecular weight excluding hydrogens is 304 g/mol. The highest BCUT2D eigenvalue weighted by molar-refractivity contribution is 6.07. The topological polar surface area (TPSA) is 65.5 Å². The summed E-state index contributed by atoms with van der Waals surface area (Å²) in [5, 5.41) is 2.89. The maximum atomic E-state index is 12.8. The van der Waals surface area contributed by atoms with Crippen LogP contribution in [-0.2, 0) is 11.2 Å². The fourth-order valence-corrected chi connectivity index (χ4v) is 3.27. The van der Waals surface area contributed by atoms with Gasteiger partial charge in [-0.1, -0.05) is 6.07 Å². The average molecular weight is 322 g/mol. The number of nitrogens with zero attached hydrogens (tertiary/aromatic N) is 3. The summed E-state index contributed by atoms with van der Waals surface area (Å²) in [6.45, 7) is 3.20. The normalized spacial score (nSPS) is 17.0. The Morgan fingerprint density at radius 2 is 1.92 bits per heavy atom. The first-order chi connectivity index (χ1) is 11.6. The van der Waals surface area contributed by atoms with Crippen LogP contribution in [0, 0.1) is 6.92 Å². The highest BCUT2D eigenvalue weighted by atomic mass is 16.2. The lowest BCUT2D eigenvalue weighted by molar-refractivity contribution is -0.116. The van der Waals surface area contributed by atoms with Crippen LogP contribution in [0.15, 0.2) is 36.7 Å². The van der Waals surface area contributed by atoms with E-state index in [9.17, 15) is 9.59 Å². The monoisotopic (exact) mass is 322 g/mol. The molecule has 2 aliphatic rings. The van der Waals surface area contributed by atoms with Gasteiger partial charge in [-0.25, -0.2) is 4.79 Å². The number of pyridine rings is 1. The van der Waals surface area contributed by atoms with Gasteiger partial charge in [-0.15, -0.1) is 0 Å². The Hall–Kier alpha value is -2.89. The predicted octanol–water partition coefficient (Wildman–Crippen LogP) is 2.72. The van der Waals surface area contributed by atoms with Crippen LogP contribution in [0.2, 0.25) is 0 Å². The molecule has 1 aromatic heterocycles. The Balaban J connectivity index is 1.62. The van der Waals surface area contributed by atoms with E-state index in [0.29, 0.717) is 19.5 Å². The van der Waals surface area contributed by atoms with Crippen LogP contribution in [-0.4, -0.2) is 30.0 Å². The summed E-state index contributed by atoms with van der Waals surface area (Å²) < 4.78 is 0. The summed E-state index contributed by atoms with van der Waals surface area (Å²) in [7, 11) is 0. The number of rotatable bonds is 2. The van der Waals surface area contributed by atoms with E-state index in [4.69, 9.17) is 0 Å². The van der Waals surface area contributed by atoms with Crippen molar-refractivity contribution in [2.75, 3.05) is 28.2 Å². The van der Waals surface area contributed by atoms with Gasteiger partial charge in [0.2, 0.25) is 5.91 Å². The first-order valence-electron chi connectivity index (χ1n) is 8.06. The minimum Gasteiger partial charge on any atom is -0.326 e. The number of benzene rings is 1. The molecule has 1 aromatic carbocycles. The minimum absolute atomic E-state index is 0.0278. The Kier molecular flexibility index (Phi) is 3.45. The van der Waals surface area contributed by atoms with E-state index in [2.05, 4.69) is 10.3 Å². The maximum absolute atomic E-state index is 12.8. The Bertz CT molecular complexity index is 834. The molecule has 2 aromatic rings. The molecule has 3 amide bonds. The van der Waals surface area contributed by atoms with Gasteiger partial charge in [-0.05, 0) is 42.7 Å². The molecule has 0 atom stereocenters. The minimum atomic E-state index is -0.0619. The molecule has 0 aliphatic carbocycles. The zero-order valence-electron chi connectivity index (χ0n) is 13.5. The zero-order valence-corrected chi connectivity index (χ0v) is 13.5. The summed E-state index contributed by atoms with van der Waals surface area (Å²) in [5.74, 6) is 0.0278. The van der Waals surface area contributed by atoms with E-state index in [-0.39, 0.29) is 11.9 Å². The Labute approximate surface area is 140 Å². The molecule has 0 radical (unpaired) electrons. The SMILES string of the molecule is Cc1ccncc1N1CCN(c2ccc3c(c2)NC(=O)CC3)C1=O. The highest BCUT2D eigenvalue weighted by Crippen LogP contribution is 2.31. The lowest BCUT2D eigenvalue weighted by Crippen LogP contribution is -2.32. The lowest BCUT2D eigenvalue weighted by atomic mass is 10.0. The van der Waals surface area contributed by atoms with Crippen molar-refractivity contribution in [3.05, 3.63) is 47.8 Å². The maximum Gasteiger partial charge on any atom is 0.329 e. The van der Waals surface area contributed by atoms with E-state index in [1.807, 2.05) is 31.2 Å². The van der Waals surface area contributed by atoms with E-state index >= 15 is 0 Å². The van der Waals surface area contributed by atoms with Gasteiger partial charge in [-0.3, -0.25) is 19.6 Å². The molecule has 6 nitrogen and oxygen atoms in total. The molecule has 24 heavy (non-hydrogen) atoms. The number of amides is 3. The number of urea groups is 1. The van der Waals surface area contributed by atoms with Crippen LogP contribution < -0.4 is 15.1 Å². The van der Waals surface area contributed by atoms with Crippen molar-refractivity contribution in [3.63, 3.8) is 0 Å². The first-order valence-corrected chi connectivity index (χ1v) is 8.06. The van der Waals surface area contributed by atoms with E-state index < -0.39 is 0 Å². The summed E-state index contributed by atoms with van der Waals surface area (Å²) in [5.41, 5.74) is 4.61. The Morgan fingerprint density at radius 1 is 1.08 bits per heavy atom. The largest absolute Gasteiger partial charge is 0.329 e. The van der Waals surface area contributed by atoms with Gasteiger partial charge in [0.15, 0.2) is 0 Å². The molecule has 122 valence electrons. The molecule has 0 spiro atoms. The van der Waals surface area contributed by atoms with E-state index in [1.165, 1.54) is 0 Å². The van der Waals surface area contributed by atoms with Crippen molar-refractivity contribution in [1.82, 2.24) is 4.98 Å². The summed E-state index contributed by atoms with van der Waals surface area (Å²) in [4.78, 5) is 32.0. The Morgan fingerprint density at radius 3 is 2.75 bits per heavy atom. The molecule has 1 fully saturated rings. The number of carbonyl (C=O) groups is 2. The van der Waals surface area contributed by atoms with Gasteiger partial charge in [0, 0.05) is 37.1 Å². The van der Waals surface area contributed by atoms with Crippen LogP contribution >= 0.6 is 0 Å². The molecule has 0 bridgehead atoms. The van der Waals surface area contributed by atoms with E-state index in [0.717, 1.165) is 34.6 Å². The molecular formula is C18H18N4O2. The number of fused-ring (bicyclic) bond motifs is 1. The van der Waals surface area contributed by atoms with Crippen molar-refractivity contribution < 1.29 is 9.59 Å². The third-order valence-electron chi connectivity index (χ3n) is 4.61. The van der Waals surface area contributed by atoms with Gasteiger partial charge in [0.1, 0.15) is 0 Å². The molecule has 3 heterocycles. The molecule has 1 N–H and O–H groups in total. The second-order valence-electron chi connectivity index (χ2n) is 6.14. The summed E-state index contributed by atoms with van der Waals surface area (Å²) in [6, 6.07) is 7.68. The molecule has 0 unspecified atom stereocenters. The van der Waals surface area contributed by atoms with Crippen LogP contribution in [0.3, 0.4) is 0 Å². The smallest absolute Gasteiger partial charge is 0.326 e. The van der Waals surface area contributed by atoms with Gasteiger partial charge in [-0.2, -0.15) is 0 Å². The van der Waals surface area contributed by atoms with Crippen LogP contribution in [0.1, 0.15) is 17.5 Å². The van der Waals surface area contributed by atoms with Crippen LogP contribution in [0.25, 0.3) is 0 Å². The fraction of sp³-hybridized carbons (Fsp3) is 0.278. The number of aryl methyl sites for hydroxylation is 2. The zero-order chi connectivity index (χ0) is 16.7. The third kappa shape index (κ3) is 2.40.